The number of furan rings is 1. The molecule has 0 N–H and O–H groups in total. The first-order valence-electron chi connectivity index (χ1n) is 9.69. The summed E-state index contributed by atoms with van der Waals surface area (Å²) in [4.78, 5) is 14.5. The Morgan fingerprint density at radius 3 is 2.81 bits per heavy atom. The molecule has 0 radical (unpaired) electrons. The molecule has 2 bridgehead atoms. The van der Waals surface area contributed by atoms with Crippen molar-refractivity contribution < 1.29 is 9.15 Å². The number of fused-ring (bicyclic) bond motifs is 4. The van der Waals surface area contributed by atoms with Gasteiger partial charge in [-0.05, 0) is 38.3 Å². The van der Waals surface area contributed by atoms with Gasteiger partial charge in [-0.3, -0.25) is 4.90 Å². The average molecular weight is 354 g/mol. The molecule has 3 aliphatic rings. The van der Waals surface area contributed by atoms with Gasteiger partial charge in [0, 0.05) is 43.4 Å². The molecule has 2 saturated heterocycles. The molecular formula is C20H26N4O2. The summed E-state index contributed by atoms with van der Waals surface area (Å²) in [6, 6.07) is 3.17. The van der Waals surface area contributed by atoms with Crippen molar-refractivity contribution in [2.24, 2.45) is 0 Å². The second kappa shape index (κ2) is 6.35. The highest BCUT2D eigenvalue weighted by molar-refractivity contribution is 5.37. The SMILES string of the molecule is Cc1cc(CN2[C@@H]3CC[C@@H]2c2cnc(N4CCOCC4)nc2C3)oc1C. The van der Waals surface area contributed by atoms with Crippen molar-refractivity contribution >= 4 is 5.95 Å². The lowest BCUT2D eigenvalue weighted by Gasteiger charge is -2.35. The van der Waals surface area contributed by atoms with Gasteiger partial charge in [0.05, 0.1) is 25.5 Å². The summed E-state index contributed by atoms with van der Waals surface area (Å²) < 4.78 is 11.4. The van der Waals surface area contributed by atoms with Crippen LogP contribution in [-0.2, 0) is 17.7 Å². The molecule has 26 heavy (non-hydrogen) atoms. The van der Waals surface area contributed by atoms with Crippen LogP contribution in [0.15, 0.2) is 16.7 Å². The number of nitrogens with zero attached hydrogens (tertiary/aromatic N) is 4. The van der Waals surface area contributed by atoms with Gasteiger partial charge >= 0.3 is 0 Å². The largest absolute Gasteiger partial charge is 0.465 e. The lowest BCUT2D eigenvalue weighted by atomic mass is 9.99. The third-order valence-corrected chi connectivity index (χ3v) is 6.17. The van der Waals surface area contributed by atoms with Gasteiger partial charge in [-0.25, -0.2) is 9.97 Å². The van der Waals surface area contributed by atoms with Gasteiger partial charge < -0.3 is 14.1 Å². The number of anilines is 1. The first-order valence-corrected chi connectivity index (χ1v) is 9.69. The molecule has 0 unspecified atom stereocenters. The van der Waals surface area contributed by atoms with Crippen LogP contribution in [0, 0.1) is 13.8 Å². The van der Waals surface area contributed by atoms with E-state index in [4.69, 9.17) is 19.1 Å². The Labute approximate surface area is 154 Å². The maximum Gasteiger partial charge on any atom is 0.225 e. The van der Waals surface area contributed by atoms with E-state index in [1.165, 1.54) is 29.7 Å². The summed E-state index contributed by atoms with van der Waals surface area (Å²) in [7, 11) is 0. The smallest absolute Gasteiger partial charge is 0.225 e. The Bertz CT molecular complexity index is 793. The number of aryl methyl sites for hydroxylation is 2. The molecule has 5 rings (SSSR count). The highest BCUT2D eigenvalue weighted by Gasteiger charge is 2.41. The van der Waals surface area contributed by atoms with Gasteiger partial charge in [0.25, 0.3) is 0 Å². The number of hydrogen-bond donors (Lipinski definition) is 0. The summed E-state index contributed by atoms with van der Waals surface area (Å²) in [5.74, 6) is 2.98. The molecule has 0 saturated carbocycles. The molecule has 138 valence electrons. The van der Waals surface area contributed by atoms with Crippen molar-refractivity contribution in [3.8, 4) is 0 Å². The number of ether oxygens (including phenoxy) is 1. The zero-order valence-electron chi connectivity index (χ0n) is 15.6. The quantitative estimate of drug-likeness (QED) is 0.845. The van der Waals surface area contributed by atoms with Crippen molar-refractivity contribution in [1.29, 1.82) is 0 Å². The van der Waals surface area contributed by atoms with E-state index in [0.29, 0.717) is 12.1 Å². The third-order valence-electron chi connectivity index (χ3n) is 6.17. The van der Waals surface area contributed by atoms with Crippen LogP contribution in [0.25, 0.3) is 0 Å². The zero-order chi connectivity index (χ0) is 17.7. The van der Waals surface area contributed by atoms with Crippen LogP contribution in [0.1, 0.15) is 47.2 Å². The van der Waals surface area contributed by atoms with Crippen molar-refractivity contribution in [2.45, 2.75) is 51.7 Å². The van der Waals surface area contributed by atoms with Gasteiger partial charge in [-0.2, -0.15) is 0 Å². The summed E-state index contributed by atoms with van der Waals surface area (Å²) in [5, 5.41) is 0. The maximum absolute atomic E-state index is 5.94. The zero-order valence-corrected chi connectivity index (χ0v) is 15.6. The highest BCUT2D eigenvalue weighted by atomic mass is 16.5. The Morgan fingerprint density at radius 1 is 1.19 bits per heavy atom. The normalized spacial score (nSPS) is 25.5. The van der Waals surface area contributed by atoms with E-state index in [1.54, 1.807) is 0 Å². The van der Waals surface area contributed by atoms with Crippen molar-refractivity contribution in [1.82, 2.24) is 14.9 Å². The standard InChI is InChI=1S/C20H26N4O2/c1-13-9-16(26-14(13)2)12-24-15-3-4-19(24)17-11-21-20(22-18(17)10-15)23-5-7-25-8-6-23/h9,11,15,19H,3-8,10,12H2,1-2H3/t15-,19-/m1/s1. The maximum atomic E-state index is 5.94. The first kappa shape index (κ1) is 16.3. The fourth-order valence-electron chi connectivity index (χ4n) is 4.63. The van der Waals surface area contributed by atoms with E-state index < -0.39 is 0 Å². The molecule has 5 heterocycles. The van der Waals surface area contributed by atoms with E-state index in [9.17, 15) is 0 Å². The van der Waals surface area contributed by atoms with Gasteiger partial charge in [-0.15, -0.1) is 0 Å². The van der Waals surface area contributed by atoms with Gasteiger partial charge in [-0.1, -0.05) is 0 Å². The monoisotopic (exact) mass is 354 g/mol. The summed E-state index contributed by atoms with van der Waals surface area (Å²) in [6.07, 6.45) is 5.51. The third kappa shape index (κ3) is 2.72. The minimum Gasteiger partial charge on any atom is -0.465 e. The summed E-state index contributed by atoms with van der Waals surface area (Å²) in [6.45, 7) is 8.34. The number of morpholine rings is 1. The second-order valence-electron chi connectivity index (χ2n) is 7.75. The van der Waals surface area contributed by atoms with Crippen LogP contribution in [0.5, 0.6) is 0 Å². The molecule has 2 atom stereocenters. The molecule has 0 spiro atoms. The fourth-order valence-corrected chi connectivity index (χ4v) is 4.63. The molecule has 0 aromatic carbocycles. The molecule has 6 nitrogen and oxygen atoms in total. The molecule has 2 fully saturated rings. The van der Waals surface area contributed by atoms with Crippen molar-refractivity contribution in [2.75, 3.05) is 31.2 Å². The predicted molar refractivity (Wildman–Crippen MR) is 98.3 cm³/mol. The van der Waals surface area contributed by atoms with E-state index >= 15 is 0 Å². The topological polar surface area (TPSA) is 54.6 Å². The fraction of sp³-hybridized carbons (Fsp3) is 0.600. The molecular weight excluding hydrogens is 328 g/mol. The Kier molecular flexibility index (Phi) is 3.98. The number of rotatable bonds is 3. The molecule has 3 aliphatic heterocycles. The van der Waals surface area contributed by atoms with Crippen LogP contribution in [-0.4, -0.2) is 47.2 Å². The van der Waals surface area contributed by atoms with Crippen molar-refractivity contribution in [3.05, 3.63) is 40.6 Å². The second-order valence-corrected chi connectivity index (χ2v) is 7.75. The highest BCUT2D eigenvalue weighted by Crippen LogP contribution is 2.44. The summed E-state index contributed by atoms with van der Waals surface area (Å²) >= 11 is 0. The Morgan fingerprint density at radius 2 is 2.04 bits per heavy atom. The minimum absolute atomic E-state index is 0.424. The van der Waals surface area contributed by atoms with Crippen LogP contribution in [0.4, 0.5) is 5.95 Å². The average Bonchev–Trinajstić information content (AvgIpc) is 3.12. The number of aromatic nitrogens is 2. The van der Waals surface area contributed by atoms with E-state index in [-0.39, 0.29) is 0 Å². The predicted octanol–water partition coefficient (Wildman–Crippen LogP) is 2.78. The lowest BCUT2D eigenvalue weighted by molar-refractivity contribution is 0.121. The van der Waals surface area contributed by atoms with E-state index in [2.05, 4.69) is 29.0 Å². The summed E-state index contributed by atoms with van der Waals surface area (Å²) in [5.41, 5.74) is 3.80. The van der Waals surface area contributed by atoms with E-state index in [1.807, 2.05) is 6.92 Å². The minimum atomic E-state index is 0.424. The van der Waals surface area contributed by atoms with Crippen LogP contribution >= 0.6 is 0 Å². The van der Waals surface area contributed by atoms with E-state index in [0.717, 1.165) is 56.7 Å². The molecule has 0 aliphatic carbocycles. The molecule has 2 aromatic rings. The van der Waals surface area contributed by atoms with Crippen LogP contribution in [0.3, 0.4) is 0 Å². The molecule has 0 amide bonds. The lowest BCUT2D eigenvalue weighted by Crippen LogP contribution is -2.40. The Balaban J connectivity index is 1.39. The Hall–Kier alpha value is -1.92. The van der Waals surface area contributed by atoms with Gasteiger partial charge in [0.15, 0.2) is 0 Å². The first-order chi connectivity index (χ1) is 12.7. The van der Waals surface area contributed by atoms with Crippen molar-refractivity contribution in [3.63, 3.8) is 0 Å². The van der Waals surface area contributed by atoms with Gasteiger partial charge in [0.2, 0.25) is 5.95 Å². The van der Waals surface area contributed by atoms with Gasteiger partial charge in [0.1, 0.15) is 11.5 Å². The van der Waals surface area contributed by atoms with Crippen LogP contribution < -0.4 is 4.90 Å². The number of hydrogen-bond acceptors (Lipinski definition) is 6. The molecule has 2 aromatic heterocycles. The van der Waals surface area contributed by atoms with Crippen LogP contribution in [0.2, 0.25) is 0 Å². The molecule has 6 heteroatoms.